The monoisotopic (exact) mass is 485 g/mol. The lowest BCUT2D eigenvalue weighted by atomic mass is 10.1. The number of hydrogen-bond donors (Lipinski definition) is 3. The number of ether oxygens (including phenoxy) is 2. The minimum Gasteiger partial charge on any atom is -0.492 e. The topological polar surface area (TPSA) is 104 Å². The van der Waals surface area contributed by atoms with Crippen LogP contribution in [0.2, 0.25) is 5.02 Å². The molecule has 3 aromatic rings. The Labute approximate surface area is 203 Å². The Morgan fingerprint density at radius 2 is 1.85 bits per heavy atom. The fourth-order valence-electron chi connectivity index (χ4n) is 3.14. The molecule has 3 rings (SSSR count). The van der Waals surface area contributed by atoms with Gasteiger partial charge in [-0.15, -0.1) is 0 Å². The van der Waals surface area contributed by atoms with Crippen LogP contribution in [0.25, 0.3) is 0 Å². The molecule has 0 saturated heterocycles. The summed E-state index contributed by atoms with van der Waals surface area (Å²) >= 11 is 6.28. The van der Waals surface area contributed by atoms with E-state index in [1.807, 2.05) is 42.5 Å². The third kappa shape index (κ3) is 8.00. The highest BCUT2D eigenvalue weighted by Crippen LogP contribution is 2.24. The summed E-state index contributed by atoms with van der Waals surface area (Å²) in [6.07, 6.45) is 2.45. The van der Waals surface area contributed by atoms with E-state index in [-0.39, 0.29) is 32.3 Å². The van der Waals surface area contributed by atoms with Gasteiger partial charge in [0.1, 0.15) is 18.5 Å². The van der Waals surface area contributed by atoms with Crippen LogP contribution in [0.1, 0.15) is 10.4 Å². The first-order chi connectivity index (χ1) is 16.6. The maximum atomic E-state index is 13.4. The van der Waals surface area contributed by atoms with Crippen LogP contribution in [0, 0.1) is 0 Å². The molecule has 1 heterocycles. The first-order valence-electron chi connectivity index (χ1n) is 10.9. The zero-order valence-electron chi connectivity index (χ0n) is 18.6. The molecule has 0 saturated carbocycles. The molecule has 2 aromatic carbocycles. The molecule has 1 aromatic heterocycles. The van der Waals surface area contributed by atoms with Crippen molar-refractivity contribution in [3.63, 3.8) is 0 Å². The zero-order valence-corrected chi connectivity index (χ0v) is 19.4. The largest absolute Gasteiger partial charge is 0.492 e. The van der Waals surface area contributed by atoms with Crippen molar-refractivity contribution in [2.24, 2.45) is 0 Å². The standard InChI is InChI=1S/C25H28ClN3O5/c26-20-14-19(15-24(16-20)34-12-10-28-21-6-8-27-9-7-21)25(32)29(22-4-2-1-3-5-22)11-13-33-18-23(31)17-30/h1-9,14-16,23,30-31H,10-13,17-18H2,(H,27,28). The maximum absolute atomic E-state index is 13.4. The van der Waals surface area contributed by atoms with Gasteiger partial charge >= 0.3 is 0 Å². The molecule has 0 bridgehead atoms. The van der Waals surface area contributed by atoms with Crippen molar-refractivity contribution < 1.29 is 24.5 Å². The van der Waals surface area contributed by atoms with Crippen LogP contribution in [0.3, 0.4) is 0 Å². The van der Waals surface area contributed by atoms with Crippen molar-refractivity contribution in [2.45, 2.75) is 6.10 Å². The molecule has 8 nitrogen and oxygen atoms in total. The molecule has 1 unspecified atom stereocenters. The molecule has 0 radical (unpaired) electrons. The molecule has 0 aliphatic rings. The summed E-state index contributed by atoms with van der Waals surface area (Å²) in [6, 6.07) is 17.8. The Kier molecular flexibility index (Phi) is 10.1. The van der Waals surface area contributed by atoms with Gasteiger partial charge in [0.2, 0.25) is 0 Å². The smallest absolute Gasteiger partial charge is 0.258 e. The molecule has 3 N–H and O–H groups in total. The number of aliphatic hydroxyl groups is 2. The van der Waals surface area contributed by atoms with E-state index in [4.69, 9.17) is 26.2 Å². The summed E-state index contributed by atoms with van der Waals surface area (Å²) in [7, 11) is 0. The molecule has 34 heavy (non-hydrogen) atoms. The van der Waals surface area contributed by atoms with Crippen molar-refractivity contribution in [1.29, 1.82) is 0 Å². The van der Waals surface area contributed by atoms with Crippen molar-refractivity contribution >= 4 is 28.9 Å². The number of amides is 1. The number of pyridine rings is 1. The summed E-state index contributed by atoms with van der Waals surface area (Å²) in [5.74, 6) is 0.225. The summed E-state index contributed by atoms with van der Waals surface area (Å²) in [5, 5.41) is 22.0. The summed E-state index contributed by atoms with van der Waals surface area (Å²) < 4.78 is 11.2. The second-order valence-corrected chi connectivity index (χ2v) is 7.83. The number of nitrogens with zero attached hydrogens (tertiary/aromatic N) is 2. The normalized spacial score (nSPS) is 11.6. The molecule has 0 aliphatic heterocycles. The number of para-hydroxylation sites is 1. The minimum atomic E-state index is -0.957. The van der Waals surface area contributed by atoms with Gasteiger partial charge in [0, 0.05) is 47.4 Å². The van der Waals surface area contributed by atoms with Crippen molar-refractivity contribution in [3.05, 3.63) is 83.6 Å². The Balaban J connectivity index is 1.65. The van der Waals surface area contributed by atoms with Gasteiger partial charge in [-0.05, 0) is 42.5 Å². The lowest BCUT2D eigenvalue weighted by Crippen LogP contribution is -2.35. The van der Waals surface area contributed by atoms with Gasteiger partial charge < -0.3 is 29.9 Å². The first kappa shape index (κ1) is 25.5. The number of halogens is 1. The van der Waals surface area contributed by atoms with Gasteiger partial charge in [-0.3, -0.25) is 9.78 Å². The minimum absolute atomic E-state index is 0.0179. The molecule has 0 aliphatic carbocycles. The van der Waals surface area contributed by atoms with E-state index < -0.39 is 6.10 Å². The summed E-state index contributed by atoms with van der Waals surface area (Å²) in [6.45, 7) is 0.968. The Hall–Kier alpha value is -3.17. The predicted molar refractivity (Wildman–Crippen MR) is 132 cm³/mol. The third-order valence-electron chi connectivity index (χ3n) is 4.79. The van der Waals surface area contributed by atoms with E-state index in [2.05, 4.69) is 10.3 Å². The number of rotatable bonds is 13. The summed E-state index contributed by atoms with van der Waals surface area (Å²) in [5.41, 5.74) is 2.01. The van der Waals surface area contributed by atoms with E-state index in [0.717, 1.165) is 5.69 Å². The number of aromatic nitrogens is 1. The quantitative estimate of drug-likeness (QED) is 0.319. The summed E-state index contributed by atoms with van der Waals surface area (Å²) in [4.78, 5) is 18.9. The molecule has 0 fully saturated rings. The van der Waals surface area contributed by atoms with E-state index in [9.17, 15) is 9.90 Å². The van der Waals surface area contributed by atoms with Crippen molar-refractivity contribution in [2.75, 3.05) is 49.7 Å². The fraction of sp³-hybridized carbons (Fsp3) is 0.280. The number of anilines is 2. The van der Waals surface area contributed by atoms with Crippen LogP contribution in [-0.4, -0.2) is 66.7 Å². The lowest BCUT2D eigenvalue weighted by molar-refractivity contribution is 0.00843. The Morgan fingerprint density at radius 3 is 2.59 bits per heavy atom. The molecule has 0 spiro atoms. The van der Waals surface area contributed by atoms with Crippen LogP contribution < -0.4 is 15.0 Å². The maximum Gasteiger partial charge on any atom is 0.258 e. The SMILES string of the molecule is O=C(c1cc(Cl)cc(OCCNc2ccncc2)c1)N(CCOCC(O)CO)c1ccccc1. The van der Waals surface area contributed by atoms with Crippen molar-refractivity contribution in [3.8, 4) is 5.75 Å². The molecule has 9 heteroatoms. The molecule has 180 valence electrons. The van der Waals surface area contributed by atoms with E-state index in [1.54, 1.807) is 35.5 Å². The second-order valence-electron chi connectivity index (χ2n) is 7.39. The Morgan fingerprint density at radius 1 is 1.09 bits per heavy atom. The molecular formula is C25H28ClN3O5. The van der Waals surface area contributed by atoms with Crippen LogP contribution in [-0.2, 0) is 4.74 Å². The fourth-order valence-corrected chi connectivity index (χ4v) is 3.37. The van der Waals surface area contributed by atoms with E-state index in [1.165, 1.54) is 0 Å². The Bertz CT molecular complexity index is 1020. The lowest BCUT2D eigenvalue weighted by Gasteiger charge is -2.23. The van der Waals surface area contributed by atoms with Crippen LogP contribution in [0.15, 0.2) is 73.1 Å². The van der Waals surface area contributed by atoms with Gasteiger partial charge in [-0.25, -0.2) is 0 Å². The van der Waals surface area contributed by atoms with Gasteiger partial charge in [0.15, 0.2) is 0 Å². The predicted octanol–water partition coefficient (Wildman–Crippen LogP) is 3.24. The van der Waals surface area contributed by atoms with Gasteiger partial charge in [0.05, 0.1) is 19.8 Å². The number of carbonyl (C=O) groups is 1. The number of aliphatic hydroxyl groups excluding tert-OH is 2. The zero-order chi connectivity index (χ0) is 24.2. The van der Waals surface area contributed by atoms with Gasteiger partial charge in [-0.2, -0.15) is 0 Å². The van der Waals surface area contributed by atoms with Crippen LogP contribution in [0.5, 0.6) is 5.75 Å². The average Bonchev–Trinajstić information content (AvgIpc) is 2.87. The van der Waals surface area contributed by atoms with E-state index in [0.29, 0.717) is 35.2 Å². The van der Waals surface area contributed by atoms with Crippen LogP contribution >= 0.6 is 11.6 Å². The van der Waals surface area contributed by atoms with E-state index >= 15 is 0 Å². The molecule has 1 atom stereocenters. The number of benzene rings is 2. The highest BCUT2D eigenvalue weighted by molar-refractivity contribution is 6.31. The number of carbonyl (C=O) groups excluding carboxylic acids is 1. The van der Waals surface area contributed by atoms with Crippen LogP contribution in [0.4, 0.5) is 11.4 Å². The highest BCUT2D eigenvalue weighted by atomic mass is 35.5. The first-order valence-corrected chi connectivity index (χ1v) is 11.3. The number of hydrogen-bond acceptors (Lipinski definition) is 7. The molecular weight excluding hydrogens is 458 g/mol. The molecule has 1 amide bonds. The highest BCUT2D eigenvalue weighted by Gasteiger charge is 2.19. The van der Waals surface area contributed by atoms with Gasteiger partial charge in [0.25, 0.3) is 5.91 Å². The average molecular weight is 486 g/mol. The van der Waals surface area contributed by atoms with Gasteiger partial charge in [-0.1, -0.05) is 29.8 Å². The second kappa shape index (κ2) is 13.5. The van der Waals surface area contributed by atoms with Crippen molar-refractivity contribution in [1.82, 2.24) is 4.98 Å². The number of nitrogens with one attached hydrogen (secondary N) is 1. The third-order valence-corrected chi connectivity index (χ3v) is 5.01.